The van der Waals surface area contributed by atoms with Gasteiger partial charge in [-0.05, 0) is 42.2 Å². The summed E-state index contributed by atoms with van der Waals surface area (Å²) in [6.07, 6.45) is 5.88. The Balaban J connectivity index is 2.10. The molecule has 0 bridgehead atoms. The highest BCUT2D eigenvalue weighted by atomic mass is 79.9. The normalized spacial score (nSPS) is 24.1. The molecule has 0 aromatic carbocycles. The summed E-state index contributed by atoms with van der Waals surface area (Å²) in [4.78, 5) is 2.39. The van der Waals surface area contributed by atoms with Crippen LogP contribution in [-0.2, 0) is 20.0 Å². The van der Waals surface area contributed by atoms with Gasteiger partial charge in [-0.3, -0.25) is 9.58 Å². The van der Waals surface area contributed by atoms with E-state index in [1.54, 1.807) is 0 Å². The molecule has 1 heterocycles. The molecule has 5 heteroatoms. The average molecular weight is 349 g/mol. The molecule has 1 aliphatic rings. The number of alkyl halides is 1. The van der Waals surface area contributed by atoms with Gasteiger partial charge >= 0.3 is 0 Å². The maximum atomic E-state index is 6.48. The molecule has 108 valence electrons. The molecule has 0 spiro atoms. The quantitative estimate of drug-likeness (QED) is 0.773. The van der Waals surface area contributed by atoms with Crippen molar-refractivity contribution < 1.29 is 0 Å². The fourth-order valence-corrected chi connectivity index (χ4v) is 4.12. The van der Waals surface area contributed by atoms with Gasteiger partial charge in [0.2, 0.25) is 0 Å². The molecule has 1 fully saturated rings. The molecular weight excluding hydrogens is 326 g/mol. The van der Waals surface area contributed by atoms with Crippen molar-refractivity contribution in [3.63, 3.8) is 0 Å². The van der Waals surface area contributed by atoms with Gasteiger partial charge in [0.1, 0.15) is 0 Å². The molecular formula is C14H23BrClN3. The van der Waals surface area contributed by atoms with Crippen molar-refractivity contribution in [2.75, 3.05) is 7.05 Å². The number of rotatable bonds is 4. The molecule has 2 unspecified atom stereocenters. The lowest BCUT2D eigenvalue weighted by molar-refractivity contribution is 0.184. The van der Waals surface area contributed by atoms with Gasteiger partial charge in [0.25, 0.3) is 0 Å². The van der Waals surface area contributed by atoms with Crippen LogP contribution in [0.1, 0.15) is 44.0 Å². The van der Waals surface area contributed by atoms with Gasteiger partial charge in [-0.15, -0.1) is 11.6 Å². The second-order valence-corrected chi connectivity index (χ2v) is 6.82. The molecule has 19 heavy (non-hydrogen) atoms. The van der Waals surface area contributed by atoms with Crippen LogP contribution in [0.25, 0.3) is 0 Å². The molecule has 1 aromatic rings. The monoisotopic (exact) mass is 347 g/mol. The highest BCUT2D eigenvalue weighted by Gasteiger charge is 2.27. The van der Waals surface area contributed by atoms with Gasteiger partial charge in [0.05, 0.1) is 15.9 Å². The van der Waals surface area contributed by atoms with Gasteiger partial charge < -0.3 is 0 Å². The average Bonchev–Trinajstić information content (AvgIpc) is 2.66. The maximum Gasteiger partial charge on any atom is 0.0767 e. The van der Waals surface area contributed by atoms with Crippen LogP contribution in [0.4, 0.5) is 0 Å². The Morgan fingerprint density at radius 2 is 2.11 bits per heavy atom. The van der Waals surface area contributed by atoms with Crippen LogP contribution in [0.15, 0.2) is 4.47 Å². The smallest absolute Gasteiger partial charge is 0.0767 e. The first-order valence-electron chi connectivity index (χ1n) is 7.09. The number of hydrogen-bond donors (Lipinski definition) is 0. The second kappa shape index (κ2) is 6.59. The summed E-state index contributed by atoms with van der Waals surface area (Å²) in [7, 11) is 4.20. The summed E-state index contributed by atoms with van der Waals surface area (Å²) in [6, 6.07) is 0.488. The lowest BCUT2D eigenvalue weighted by Crippen LogP contribution is -2.40. The van der Waals surface area contributed by atoms with Crippen LogP contribution < -0.4 is 0 Å². The first-order chi connectivity index (χ1) is 9.04. The van der Waals surface area contributed by atoms with Crippen molar-refractivity contribution in [3.05, 3.63) is 15.9 Å². The lowest BCUT2D eigenvalue weighted by Gasteiger charge is -2.34. The minimum Gasteiger partial charge on any atom is -0.296 e. The SMILES string of the molecule is CCc1nn(C)c(CN(C)C2CCCCC2Cl)c1Br. The van der Waals surface area contributed by atoms with E-state index in [1.807, 2.05) is 11.7 Å². The molecule has 0 N–H and O–H groups in total. The second-order valence-electron chi connectivity index (χ2n) is 5.47. The van der Waals surface area contributed by atoms with Crippen LogP contribution in [0, 0.1) is 0 Å². The Kier molecular flexibility index (Phi) is 5.32. The summed E-state index contributed by atoms with van der Waals surface area (Å²) in [6.45, 7) is 3.04. The molecule has 0 amide bonds. The zero-order valence-corrected chi connectivity index (χ0v) is 14.3. The number of nitrogens with zero attached hydrogens (tertiary/aromatic N) is 3. The van der Waals surface area contributed by atoms with Crippen molar-refractivity contribution in [1.82, 2.24) is 14.7 Å². The summed E-state index contributed by atoms with van der Waals surface area (Å²) in [5.41, 5.74) is 2.38. The fourth-order valence-electron chi connectivity index (χ4n) is 2.91. The topological polar surface area (TPSA) is 21.1 Å². The maximum absolute atomic E-state index is 6.48. The summed E-state index contributed by atoms with van der Waals surface area (Å²) >= 11 is 10.2. The van der Waals surface area contributed by atoms with Crippen molar-refractivity contribution >= 4 is 27.5 Å². The predicted molar refractivity (Wildman–Crippen MR) is 83.7 cm³/mol. The van der Waals surface area contributed by atoms with Gasteiger partial charge in [-0.1, -0.05) is 19.8 Å². The third kappa shape index (κ3) is 3.34. The highest BCUT2D eigenvalue weighted by molar-refractivity contribution is 9.10. The highest BCUT2D eigenvalue weighted by Crippen LogP contribution is 2.29. The van der Waals surface area contributed by atoms with Gasteiger partial charge in [-0.25, -0.2) is 0 Å². The van der Waals surface area contributed by atoms with Gasteiger partial charge in [0.15, 0.2) is 0 Å². The van der Waals surface area contributed by atoms with Crippen LogP contribution in [-0.4, -0.2) is 33.1 Å². The minimum absolute atomic E-state index is 0.288. The molecule has 1 saturated carbocycles. The molecule has 2 atom stereocenters. The van der Waals surface area contributed by atoms with Crippen LogP contribution in [0.3, 0.4) is 0 Å². The van der Waals surface area contributed by atoms with E-state index in [4.69, 9.17) is 11.6 Å². The summed E-state index contributed by atoms with van der Waals surface area (Å²) in [5.74, 6) is 0. The van der Waals surface area contributed by atoms with Gasteiger partial charge in [-0.2, -0.15) is 5.10 Å². The van der Waals surface area contributed by atoms with Crippen molar-refractivity contribution in [3.8, 4) is 0 Å². The number of halogens is 2. The molecule has 3 nitrogen and oxygen atoms in total. The first-order valence-corrected chi connectivity index (χ1v) is 8.32. The van der Waals surface area contributed by atoms with E-state index in [2.05, 4.69) is 39.9 Å². The van der Waals surface area contributed by atoms with E-state index in [9.17, 15) is 0 Å². The molecule has 0 saturated heterocycles. The van der Waals surface area contributed by atoms with Crippen LogP contribution in [0.2, 0.25) is 0 Å². The Morgan fingerprint density at radius 1 is 1.42 bits per heavy atom. The van der Waals surface area contributed by atoms with Crippen LogP contribution in [0.5, 0.6) is 0 Å². The van der Waals surface area contributed by atoms with Crippen molar-refractivity contribution in [1.29, 1.82) is 0 Å². The largest absolute Gasteiger partial charge is 0.296 e. The summed E-state index contributed by atoms with van der Waals surface area (Å²) < 4.78 is 3.15. The standard InChI is InChI=1S/C14H23BrClN3/c1-4-11-14(15)13(19(3)17-11)9-18(2)12-8-6-5-7-10(12)16/h10,12H,4-9H2,1-3H3. The van der Waals surface area contributed by atoms with E-state index in [1.165, 1.54) is 25.0 Å². The van der Waals surface area contributed by atoms with Crippen LogP contribution >= 0.6 is 27.5 Å². The Bertz CT molecular complexity index is 433. The third-order valence-corrected chi connectivity index (χ3v) is 5.54. The minimum atomic E-state index is 0.288. The zero-order valence-electron chi connectivity index (χ0n) is 12.0. The van der Waals surface area contributed by atoms with E-state index in [0.29, 0.717) is 6.04 Å². The molecule has 2 rings (SSSR count). The number of aromatic nitrogens is 2. The molecule has 0 radical (unpaired) electrons. The van der Waals surface area contributed by atoms with Crippen molar-refractivity contribution in [2.24, 2.45) is 7.05 Å². The first kappa shape index (κ1) is 15.3. The number of aryl methyl sites for hydroxylation is 2. The van der Waals surface area contributed by atoms with E-state index < -0.39 is 0 Å². The fraction of sp³-hybridized carbons (Fsp3) is 0.786. The predicted octanol–water partition coefficient (Wildman–Crippen LogP) is 3.73. The Hall–Kier alpha value is -0.0600. The molecule has 0 aliphatic heterocycles. The Morgan fingerprint density at radius 3 is 2.68 bits per heavy atom. The van der Waals surface area contributed by atoms with E-state index >= 15 is 0 Å². The Labute approximate surface area is 129 Å². The van der Waals surface area contributed by atoms with Crippen molar-refractivity contribution in [2.45, 2.75) is 57.0 Å². The van der Waals surface area contributed by atoms with E-state index in [0.717, 1.165) is 29.6 Å². The molecule has 1 aliphatic carbocycles. The van der Waals surface area contributed by atoms with Gasteiger partial charge in [0, 0.05) is 25.0 Å². The lowest BCUT2D eigenvalue weighted by atomic mass is 9.94. The third-order valence-electron chi connectivity index (χ3n) is 4.12. The molecule has 1 aromatic heterocycles. The summed E-state index contributed by atoms with van der Waals surface area (Å²) in [5, 5.41) is 4.84. The zero-order chi connectivity index (χ0) is 14.0. The number of hydrogen-bond acceptors (Lipinski definition) is 2. The van der Waals surface area contributed by atoms with E-state index in [-0.39, 0.29) is 5.38 Å².